The predicted octanol–water partition coefficient (Wildman–Crippen LogP) is 3.06. The third kappa shape index (κ3) is 9.11. The Balaban J connectivity index is 1.66. The zero-order valence-corrected chi connectivity index (χ0v) is 18.2. The van der Waals surface area contributed by atoms with Crippen molar-refractivity contribution in [3.63, 3.8) is 0 Å². The van der Waals surface area contributed by atoms with Crippen LogP contribution in [0.3, 0.4) is 0 Å². The molecule has 0 saturated heterocycles. The molecule has 0 radical (unpaired) electrons. The largest absolute Gasteiger partial charge is 0.374 e. The van der Waals surface area contributed by atoms with Crippen LogP contribution in [-0.4, -0.2) is 40.8 Å². The third-order valence-electron chi connectivity index (χ3n) is 4.39. The molecule has 0 aliphatic heterocycles. The van der Waals surface area contributed by atoms with E-state index < -0.39 is 9.84 Å². The molecule has 0 aliphatic carbocycles. The van der Waals surface area contributed by atoms with Crippen molar-refractivity contribution in [2.75, 3.05) is 26.5 Å². The van der Waals surface area contributed by atoms with Crippen LogP contribution < -0.4 is 10.6 Å². The van der Waals surface area contributed by atoms with Gasteiger partial charge < -0.3 is 15.4 Å². The average Bonchev–Trinajstić information content (AvgIpc) is 2.70. The normalized spacial score (nSPS) is 13.1. The summed E-state index contributed by atoms with van der Waals surface area (Å²) in [5.41, 5.74) is 3.04. The lowest BCUT2D eigenvalue weighted by Gasteiger charge is -2.15. The summed E-state index contributed by atoms with van der Waals surface area (Å²) in [7, 11) is -1.28. The van der Waals surface area contributed by atoms with E-state index in [0.29, 0.717) is 13.2 Å². The van der Waals surface area contributed by atoms with Gasteiger partial charge in [0.25, 0.3) is 0 Å². The van der Waals surface area contributed by atoms with Crippen LogP contribution in [0.4, 0.5) is 0 Å². The van der Waals surface area contributed by atoms with Gasteiger partial charge in [-0.2, -0.15) is 0 Å². The Morgan fingerprint density at radius 2 is 1.69 bits per heavy atom. The van der Waals surface area contributed by atoms with E-state index in [-0.39, 0.29) is 11.9 Å². The molecule has 0 aliphatic rings. The van der Waals surface area contributed by atoms with Gasteiger partial charge in [-0.1, -0.05) is 54.6 Å². The van der Waals surface area contributed by atoms with Crippen LogP contribution in [0.1, 0.15) is 36.1 Å². The Morgan fingerprint density at radius 3 is 2.31 bits per heavy atom. The lowest BCUT2D eigenvalue weighted by atomic mass is 10.1. The standard InChI is InChI=1S/C22H31N3O3S/c1-18(21-8-5-4-6-9-21)28-15-7-14-24-22(23-2)25-16-19-10-12-20(13-11-19)17-29(3,26)27/h4-6,8-13,18H,7,14-17H2,1-3H3,(H2,23,24,25). The Labute approximate surface area is 174 Å². The summed E-state index contributed by atoms with van der Waals surface area (Å²) in [5, 5.41) is 6.53. The fourth-order valence-corrected chi connectivity index (χ4v) is 3.62. The maximum absolute atomic E-state index is 11.4. The van der Waals surface area contributed by atoms with Gasteiger partial charge in [-0.3, -0.25) is 4.99 Å². The van der Waals surface area contributed by atoms with Crippen LogP contribution in [0.25, 0.3) is 0 Å². The first kappa shape index (κ1) is 22.9. The summed E-state index contributed by atoms with van der Waals surface area (Å²) >= 11 is 0. The van der Waals surface area contributed by atoms with Crippen LogP contribution in [0.5, 0.6) is 0 Å². The van der Waals surface area contributed by atoms with Crippen LogP contribution in [0.2, 0.25) is 0 Å². The first-order valence-electron chi connectivity index (χ1n) is 9.74. The lowest BCUT2D eigenvalue weighted by Crippen LogP contribution is -2.37. The lowest BCUT2D eigenvalue weighted by molar-refractivity contribution is 0.0646. The molecule has 0 fully saturated rings. The molecule has 1 unspecified atom stereocenters. The van der Waals surface area contributed by atoms with E-state index in [0.717, 1.165) is 30.1 Å². The Bertz CT molecular complexity index is 866. The van der Waals surface area contributed by atoms with Crippen LogP contribution in [0.15, 0.2) is 59.6 Å². The second kappa shape index (κ2) is 11.6. The van der Waals surface area contributed by atoms with Crippen molar-refractivity contribution in [1.29, 1.82) is 0 Å². The van der Waals surface area contributed by atoms with E-state index in [1.807, 2.05) is 42.5 Å². The minimum atomic E-state index is -3.01. The monoisotopic (exact) mass is 417 g/mol. The Kier molecular flexibility index (Phi) is 9.15. The first-order chi connectivity index (χ1) is 13.9. The van der Waals surface area contributed by atoms with Crippen molar-refractivity contribution in [3.8, 4) is 0 Å². The molecule has 0 aromatic heterocycles. The fourth-order valence-electron chi connectivity index (χ4n) is 2.82. The highest BCUT2D eigenvalue weighted by molar-refractivity contribution is 7.89. The van der Waals surface area contributed by atoms with E-state index in [4.69, 9.17) is 4.74 Å². The highest BCUT2D eigenvalue weighted by Crippen LogP contribution is 2.15. The topological polar surface area (TPSA) is 79.8 Å². The van der Waals surface area contributed by atoms with Gasteiger partial charge >= 0.3 is 0 Å². The summed E-state index contributed by atoms with van der Waals surface area (Å²) in [6, 6.07) is 17.7. The Morgan fingerprint density at radius 1 is 1.03 bits per heavy atom. The predicted molar refractivity (Wildman–Crippen MR) is 119 cm³/mol. The molecule has 0 heterocycles. The van der Waals surface area contributed by atoms with Gasteiger partial charge in [-0.15, -0.1) is 0 Å². The first-order valence-corrected chi connectivity index (χ1v) is 11.8. The van der Waals surface area contributed by atoms with E-state index in [1.54, 1.807) is 7.05 Å². The zero-order chi connectivity index (χ0) is 21.1. The molecule has 2 aromatic rings. The number of hydrogen-bond donors (Lipinski definition) is 2. The summed E-state index contributed by atoms with van der Waals surface area (Å²) in [6.07, 6.45) is 2.20. The van der Waals surface area contributed by atoms with Gasteiger partial charge in [-0.05, 0) is 30.0 Å². The summed E-state index contributed by atoms with van der Waals surface area (Å²) in [5.74, 6) is 0.788. The smallest absolute Gasteiger partial charge is 0.191 e. The molecule has 158 valence electrons. The quantitative estimate of drug-likeness (QED) is 0.353. The molecule has 2 aromatic carbocycles. The summed E-state index contributed by atoms with van der Waals surface area (Å²) < 4.78 is 28.6. The van der Waals surface area contributed by atoms with Gasteiger partial charge in [0.05, 0.1) is 11.9 Å². The fraction of sp³-hybridized carbons (Fsp3) is 0.409. The number of nitrogens with zero attached hydrogens (tertiary/aromatic N) is 1. The molecule has 6 nitrogen and oxygen atoms in total. The van der Waals surface area contributed by atoms with Crippen LogP contribution in [-0.2, 0) is 26.9 Å². The second-order valence-corrected chi connectivity index (χ2v) is 9.16. The van der Waals surface area contributed by atoms with E-state index in [2.05, 4.69) is 34.7 Å². The number of guanidine groups is 1. The number of nitrogens with one attached hydrogen (secondary N) is 2. The maximum atomic E-state index is 11.4. The number of rotatable bonds is 10. The molecule has 0 spiro atoms. The molecular formula is C22H31N3O3S. The third-order valence-corrected chi connectivity index (χ3v) is 5.24. The van der Waals surface area contributed by atoms with Gasteiger partial charge in [0, 0.05) is 33.0 Å². The average molecular weight is 418 g/mol. The molecule has 0 bridgehead atoms. The minimum Gasteiger partial charge on any atom is -0.374 e. The molecule has 7 heteroatoms. The molecule has 1 atom stereocenters. The zero-order valence-electron chi connectivity index (χ0n) is 17.4. The number of sulfone groups is 1. The number of aliphatic imine (C=N–C) groups is 1. The molecule has 29 heavy (non-hydrogen) atoms. The van der Waals surface area contributed by atoms with Crippen molar-refractivity contribution < 1.29 is 13.2 Å². The van der Waals surface area contributed by atoms with Crippen molar-refractivity contribution in [3.05, 3.63) is 71.3 Å². The molecule has 2 N–H and O–H groups in total. The van der Waals surface area contributed by atoms with Crippen LogP contribution in [0, 0.1) is 0 Å². The van der Waals surface area contributed by atoms with Crippen molar-refractivity contribution in [2.45, 2.75) is 31.7 Å². The highest BCUT2D eigenvalue weighted by Gasteiger charge is 2.06. The van der Waals surface area contributed by atoms with Gasteiger partial charge in [0.15, 0.2) is 15.8 Å². The molecule has 2 rings (SSSR count). The summed E-state index contributed by atoms with van der Waals surface area (Å²) in [6.45, 7) is 4.10. The summed E-state index contributed by atoms with van der Waals surface area (Å²) in [4.78, 5) is 4.22. The highest BCUT2D eigenvalue weighted by atomic mass is 32.2. The van der Waals surface area contributed by atoms with Crippen molar-refractivity contribution >= 4 is 15.8 Å². The second-order valence-electron chi connectivity index (χ2n) is 7.02. The van der Waals surface area contributed by atoms with Gasteiger partial charge in [-0.25, -0.2) is 8.42 Å². The number of benzene rings is 2. The minimum absolute atomic E-state index is 0.0644. The number of hydrogen-bond acceptors (Lipinski definition) is 4. The van der Waals surface area contributed by atoms with Gasteiger partial charge in [0.2, 0.25) is 0 Å². The van der Waals surface area contributed by atoms with E-state index in [1.165, 1.54) is 11.8 Å². The SMILES string of the molecule is CN=C(NCCCOC(C)c1ccccc1)NCc1ccc(CS(C)(=O)=O)cc1. The molecular weight excluding hydrogens is 386 g/mol. The van der Waals surface area contributed by atoms with E-state index >= 15 is 0 Å². The van der Waals surface area contributed by atoms with Crippen LogP contribution >= 0.6 is 0 Å². The molecule has 0 saturated carbocycles. The van der Waals surface area contributed by atoms with Gasteiger partial charge in [0.1, 0.15) is 0 Å². The van der Waals surface area contributed by atoms with Crippen molar-refractivity contribution in [1.82, 2.24) is 10.6 Å². The van der Waals surface area contributed by atoms with E-state index in [9.17, 15) is 8.42 Å². The Hall–Kier alpha value is -2.38. The number of ether oxygens (including phenoxy) is 1. The maximum Gasteiger partial charge on any atom is 0.191 e. The van der Waals surface area contributed by atoms with Crippen molar-refractivity contribution in [2.24, 2.45) is 4.99 Å². The molecule has 0 amide bonds.